The molecule has 0 radical (unpaired) electrons. The lowest BCUT2D eigenvalue weighted by Gasteiger charge is -2.34. The Morgan fingerprint density at radius 3 is 2.41 bits per heavy atom. The van der Waals surface area contributed by atoms with Gasteiger partial charge in [-0.15, -0.1) is 0 Å². The molecule has 0 bridgehead atoms. The quantitative estimate of drug-likeness (QED) is 0.823. The first-order valence-corrected chi connectivity index (χ1v) is 6.70. The number of nitrogens with zero attached hydrogens (tertiary/aromatic N) is 1. The molecule has 0 unspecified atom stereocenters. The molecule has 0 aliphatic carbocycles. The topological polar surface area (TPSA) is 66.8 Å². The van der Waals surface area contributed by atoms with Gasteiger partial charge in [-0.2, -0.15) is 0 Å². The van der Waals surface area contributed by atoms with Gasteiger partial charge in [-0.3, -0.25) is 4.31 Å². The van der Waals surface area contributed by atoms with Gasteiger partial charge < -0.3 is 9.84 Å². The summed E-state index contributed by atoms with van der Waals surface area (Å²) in [5.74, 6) is -0.292. The lowest BCUT2D eigenvalue weighted by molar-refractivity contribution is 0.134. The molecule has 17 heavy (non-hydrogen) atoms. The van der Waals surface area contributed by atoms with Crippen LogP contribution in [0.1, 0.15) is 5.56 Å². The molecule has 1 N–H and O–H groups in total. The van der Waals surface area contributed by atoms with Crippen molar-refractivity contribution in [1.29, 1.82) is 0 Å². The number of ether oxygens (including phenoxy) is 1. The number of sulfonamides is 1. The van der Waals surface area contributed by atoms with Crippen LogP contribution >= 0.6 is 0 Å². The normalized spacial score (nSPS) is 19.2. The fourth-order valence-corrected chi connectivity index (χ4v) is 2.77. The fourth-order valence-electron chi connectivity index (χ4n) is 1.65. The molecule has 0 saturated carbocycles. The van der Waals surface area contributed by atoms with Crippen LogP contribution in [0, 0.1) is 0 Å². The van der Waals surface area contributed by atoms with Gasteiger partial charge in [0.05, 0.1) is 19.4 Å². The van der Waals surface area contributed by atoms with Crippen molar-refractivity contribution in [3.8, 4) is 0 Å². The van der Waals surface area contributed by atoms with Crippen molar-refractivity contribution in [2.75, 3.05) is 19.4 Å². The first kappa shape index (κ1) is 11.8. The van der Waals surface area contributed by atoms with Crippen molar-refractivity contribution in [3.05, 3.63) is 41.8 Å². The molecule has 1 aromatic rings. The molecule has 92 valence electrons. The Balaban J connectivity index is 2.48. The molecule has 1 aromatic carbocycles. The minimum absolute atomic E-state index is 0.0975. The van der Waals surface area contributed by atoms with E-state index >= 15 is 0 Å². The number of methoxy groups -OCH3 is 1. The van der Waals surface area contributed by atoms with E-state index in [4.69, 9.17) is 4.74 Å². The van der Waals surface area contributed by atoms with Crippen LogP contribution in [0.15, 0.2) is 36.3 Å². The van der Waals surface area contributed by atoms with Crippen LogP contribution in [0.5, 0.6) is 0 Å². The Hall–Kier alpha value is -1.69. The summed E-state index contributed by atoms with van der Waals surface area (Å²) < 4.78 is 29.1. The maximum absolute atomic E-state index is 11.6. The predicted octanol–water partition coefficient (Wildman–Crippen LogP) is 1.16. The molecule has 1 fully saturated rings. The molecule has 0 aromatic heterocycles. The lowest BCUT2D eigenvalue weighted by Crippen LogP contribution is -2.46. The summed E-state index contributed by atoms with van der Waals surface area (Å²) in [7, 11) is -1.99. The molecule has 5 nitrogen and oxygen atoms in total. The molecule has 1 aliphatic heterocycles. The van der Waals surface area contributed by atoms with Gasteiger partial charge in [-0.05, 0) is 0 Å². The van der Waals surface area contributed by atoms with E-state index in [9.17, 15) is 13.5 Å². The highest BCUT2D eigenvalue weighted by Crippen LogP contribution is 2.30. The fraction of sp³-hybridized carbons (Fsp3) is 0.273. The number of aliphatic hydroxyl groups is 1. The van der Waals surface area contributed by atoms with Crippen molar-refractivity contribution >= 4 is 15.7 Å². The third-order valence-electron chi connectivity index (χ3n) is 2.58. The van der Waals surface area contributed by atoms with Gasteiger partial charge in [0.1, 0.15) is 5.70 Å². The van der Waals surface area contributed by atoms with Crippen LogP contribution in [-0.4, -0.2) is 37.2 Å². The van der Waals surface area contributed by atoms with E-state index in [1.165, 1.54) is 7.11 Å². The monoisotopic (exact) mass is 255 g/mol. The van der Waals surface area contributed by atoms with Crippen molar-refractivity contribution < 1.29 is 18.3 Å². The van der Waals surface area contributed by atoms with Crippen molar-refractivity contribution in [2.45, 2.75) is 0 Å². The second kappa shape index (κ2) is 4.29. The molecule has 0 spiro atoms. The number of hydrogen-bond donors (Lipinski definition) is 1. The van der Waals surface area contributed by atoms with Gasteiger partial charge in [-0.25, -0.2) is 8.42 Å². The highest BCUT2D eigenvalue weighted by molar-refractivity contribution is 7.90. The minimum atomic E-state index is -3.29. The molecule has 2 rings (SSSR count). The van der Waals surface area contributed by atoms with E-state index < -0.39 is 10.0 Å². The van der Waals surface area contributed by atoms with Gasteiger partial charge >= 0.3 is 5.95 Å². The zero-order valence-electron chi connectivity index (χ0n) is 9.33. The average Bonchev–Trinajstić information content (AvgIpc) is 2.34. The smallest absolute Gasteiger partial charge is 0.302 e. The Bertz CT molecular complexity index is 536. The van der Waals surface area contributed by atoms with Crippen LogP contribution in [0.25, 0.3) is 5.70 Å². The Kier molecular flexibility index (Phi) is 2.97. The van der Waals surface area contributed by atoms with Crippen LogP contribution in [-0.2, 0) is 14.8 Å². The minimum Gasteiger partial charge on any atom is -0.479 e. The summed E-state index contributed by atoms with van der Waals surface area (Å²) in [5, 5.41) is 9.69. The first-order chi connectivity index (χ1) is 8.06. The first-order valence-electron chi connectivity index (χ1n) is 5.09. The van der Waals surface area contributed by atoms with Gasteiger partial charge in [-0.1, -0.05) is 30.3 Å². The maximum Gasteiger partial charge on any atom is 0.302 e. The van der Waals surface area contributed by atoms with Crippen LogP contribution in [0.4, 0.5) is 0 Å². The summed E-state index contributed by atoms with van der Waals surface area (Å²) >= 11 is 0. The number of rotatable bonds is 3. The summed E-state index contributed by atoms with van der Waals surface area (Å²) in [6.07, 6.45) is 0. The molecular formula is C11H13NO4S. The van der Waals surface area contributed by atoms with E-state index in [2.05, 4.69) is 0 Å². The molecule has 1 aliphatic rings. The highest BCUT2D eigenvalue weighted by Gasteiger charge is 2.37. The van der Waals surface area contributed by atoms with Crippen LogP contribution in [0.2, 0.25) is 0 Å². The van der Waals surface area contributed by atoms with Crippen LogP contribution < -0.4 is 0 Å². The largest absolute Gasteiger partial charge is 0.479 e. The van der Waals surface area contributed by atoms with Crippen molar-refractivity contribution in [2.24, 2.45) is 0 Å². The Labute approximate surface area is 100.0 Å². The van der Waals surface area contributed by atoms with Crippen molar-refractivity contribution in [3.63, 3.8) is 0 Å². The van der Waals surface area contributed by atoms with E-state index in [0.29, 0.717) is 12.1 Å². The number of hydrogen-bond acceptors (Lipinski definition) is 4. The lowest BCUT2D eigenvalue weighted by atomic mass is 10.1. The number of aliphatic hydroxyl groups excluding tert-OH is 1. The van der Waals surface area contributed by atoms with Crippen LogP contribution in [0.3, 0.4) is 0 Å². The van der Waals surface area contributed by atoms with Gasteiger partial charge in [0.2, 0.25) is 10.0 Å². The molecule has 0 atom stereocenters. The third kappa shape index (κ3) is 2.08. The molecule has 0 amide bonds. The number of benzene rings is 1. The summed E-state index contributed by atoms with van der Waals surface area (Å²) in [6.45, 7) is 0.361. The van der Waals surface area contributed by atoms with E-state index in [1.807, 2.05) is 6.07 Å². The second-order valence-electron chi connectivity index (χ2n) is 3.61. The zero-order valence-corrected chi connectivity index (χ0v) is 10.1. The third-order valence-corrected chi connectivity index (χ3v) is 4.32. The van der Waals surface area contributed by atoms with Gasteiger partial charge in [0.15, 0.2) is 0 Å². The zero-order chi connectivity index (χ0) is 12.5. The molecule has 1 saturated heterocycles. The average molecular weight is 255 g/mol. The summed E-state index contributed by atoms with van der Waals surface area (Å²) in [4.78, 5) is 0. The maximum atomic E-state index is 11.6. The highest BCUT2D eigenvalue weighted by atomic mass is 32.2. The van der Waals surface area contributed by atoms with Gasteiger partial charge in [0, 0.05) is 5.56 Å². The second-order valence-corrected chi connectivity index (χ2v) is 5.62. The molecular weight excluding hydrogens is 242 g/mol. The van der Waals surface area contributed by atoms with E-state index in [-0.39, 0.29) is 17.4 Å². The Morgan fingerprint density at radius 2 is 2.00 bits per heavy atom. The molecule has 1 heterocycles. The SMILES string of the molecule is CO/C(O)=C(/c1ccccc1)N1CCS1(=O)=O. The predicted molar refractivity (Wildman–Crippen MR) is 63.5 cm³/mol. The van der Waals surface area contributed by atoms with E-state index in [1.54, 1.807) is 24.3 Å². The van der Waals surface area contributed by atoms with Gasteiger partial charge in [0.25, 0.3) is 0 Å². The summed E-state index contributed by atoms with van der Waals surface area (Å²) in [5.41, 5.74) is 0.800. The Morgan fingerprint density at radius 1 is 1.35 bits per heavy atom. The summed E-state index contributed by atoms with van der Waals surface area (Å²) in [6, 6.07) is 8.79. The standard InChI is InChI=1S/C11H13NO4S/c1-16-11(13)10(9-5-3-2-4-6-9)12-7-8-17(12,14)15/h2-6,13H,7-8H2,1H3/b11-10-. The van der Waals surface area contributed by atoms with E-state index in [0.717, 1.165) is 4.31 Å². The van der Waals surface area contributed by atoms with Crippen molar-refractivity contribution in [1.82, 2.24) is 4.31 Å². The molecule has 6 heteroatoms.